The Kier molecular flexibility index (Phi) is 5.23. The molecule has 3 aromatic rings. The fourth-order valence-corrected chi connectivity index (χ4v) is 2.75. The van der Waals surface area contributed by atoms with Crippen LogP contribution in [-0.2, 0) is 10.9 Å². The number of methoxy groups -OCH3 is 1. The second kappa shape index (κ2) is 7.50. The maximum absolute atomic E-state index is 13.6. The van der Waals surface area contributed by atoms with Crippen LogP contribution in [0.2, 0.25) is 0 Å². The summed E-state index contributed by atoms with van der Waals surface area (Å²) in [5.74, 6) is -2.64. The van der Waals surface area contributed by atoms with Crippen LogP contribution >= 0.6 is 0 Å². The molecule has 0 atom stereocenters. The van der Waals surface area contributed by atoms with Gasteiger partial charge in [0, 0.05) is 6.07 Å². The number of carbonyl (C=O) groups excluding carboxylic acids is 1. The van der Waals surface area contributed by atoms with Crippen LogP contribution in [0.3, 0.4) is 0 Å². The summed E-state index contributed by atoms with van der Waals surface area (Å²) in [6.45, 7) is 3.49. The van der Waals surface area contributed by atoms with E-state index >= 15 is 0 Å². The summed E-state index contributed by atoms with van der Waals surface area (Å²) in [5, 5.41) is -0.172. The van der Waals surface area contributed by atoms with Crippen LogP contribution < -0.4 is 14.9 Å². The minimum atomic E-state index is -5.00. The van der Waals surface area contributed by atoms with Gasteiger partial charge in [-0.25, -0.2) is 4.79 Å². The highest BCUT2D eigenvalue weighted by molar-refractivity contribution is 5.80. The van der Waals surface area contributed by atoms with Crippen molar-refractivity contribution in [2.24, 2.45) is 0 Å². The summed E-state index contributed by atoms with van der Waals surface area (Å²) in [6.07, 6.45) is -6.07. The van der Waals surface area contributed by atoms with Crippen molar-refractivity contribution in [1.29, 1.82) is 0 Å². The Morgan fingerprint density at radius 3 is 2.24 bits per heavy atom. The van der Waals surface area contributed by atoms with Crippen molar-refractivity contribution in [1.82, 2.24) is 0 Å². The van der Waals surface area contributed by atoms with Gasteiger partial charge in [0.1, 0.15) is 17.1 Å². The zero-order chi connectivity index (χ0) is 21.3. The highest BCUT2D eigenvalue weighted by atomic mass is 19.4. The Bertz CT molecular complexity index is 1130. The standard InChI is InChI=1S/C20H15F3O6/c1-10-6-11(2)8-13(7-10)27-17-16(24)14-5-4-12(28-19(25)26-3)9-15(14)29-18(17)20(21,22)23/h4-9H,1-3H3. The molecule has 29 heavy (non-hydrogen) atoms. The highest BCUT2D eigenvalue weighted by Crippen LogP contribution is 2.38. The van der Waals surface area contributed by atoms with Gasteiger partial charge >= 0.3 is 12.3 Å². The topological polar surface area (TPSA) is 75.0 Å². The van der Waals surface area contributed by atoms with E-state index in [0.29, 0.717) is 0 Å². The largest absolute Gasteiger partial charge is 0.513 e. The number of benzene rings is 2. The molecular formula is C20H15F3O6. The number of halogens is 3. The normalized spacial score (nSPS) is 11.4. The molecule has 2 aromatic carbocycles. The molecule has 6 nitrogen and oxygen atoms in total. The van der Waals surface area contributed by atoms with E-state index in [9.17, 15) is 22.8 Å². The first kappa shape index (κ1) is 20.2. The Labute approximate surface area is 162 Å². The molecule has 0 aliphatic carbocycles. The Morgan fingerprint density at radius 1 is 1.00 bits per heavy atom. The Morgan fingerprint density at radius 2 is 1.66 bits per heavy atom. The molecule has 0 aliphatic heterocycles. The lowest BCUT2D eigenvalue weighted by atomic mass is 10.1. The predicted octanol–water partition coefficient (Wildman–Crippen LogP) is 5.37. The van der Waals surface area contributed by atoms with Crippen molar-refractivity contribution < 1.29 is 36.6 Å². The third-order valence-electron chi connectivity index (χ3n) is 3.86. The molecule has 3 rings (SSSR count). The lowest BCUT2D eigenvalue weighted by Crippen LogP contribution is -2.15. The summed E-state index contributed by atoms with van der Waals surface area (Å²) in [6, 6.07) is 8.21. The van der Waals surface area contributed by atoms with Gasteiger partial charge < -0.3 is 18.6 Å². The van der Waals surface area contributed by atoms with Gasteiger partial charge in [0.05, 0.1) is 12.5 Å². The van der Waals surface area contributed by atoms with Gasteiger partial charge in [0.25, 0.3) is 5.76 Å². The SMILES string of the molecule is COC(=O)Oc1ccc2c(=O)c(Oc3cc(C)cc(C)c3)c(C(F)(F)F)oc2c1. The first-order valence-corrected chi connectivity index (χ1v) is 8.28. The molecule has 0 radical (unpaired) electrons. The monoisotopic (exact) mass is 408 g/mol. The second-order valence-electron chi connectivity index (χ2n) is 6.23. The van der Waals surface area contributed by atoms with Crippen LogP contribution in [0, 0.1) is 13.8 Å². The Balaban J connectivity index is 2.18. The molecule has 0 bridgehead atoms. The number of ether oxygens (including phenoxy) is 3. The molecule has 1 aromatic heterocycles. The number of hydrogen-bond acceptors (Lipinski definition) is 6. The van der Waals surface area contributed by atoms with E-state index in [4.69, 9.17) is 13.9 Å². The average molecular weight is 408 g/mol. The molecule has 0 saturated carbocycles. The van der Waals surface area contributed by atoms with Gasteiger partial charge in [-0.1, -0.05) is 6.07 Å². The number of alkyl halides is 3. The summed E-state index contributed by atoms with van der Waals surface area (Å²) in [4.78, 5) is 23.9. The van der Waals surface area contributed by atoms with Gasteiger partial charge in [-0.05, 0) is 49.2 Å². The molecule has 0 fully saturated rings. The first-order chi connectivity index (χ1) is 13.6. The van der Waals surface area contributed by atoms with Crippen LogP contribution in [0.1, 0.15) is 16.9 Å². The summed E-state index contributed by atoms with van der Waals surface area (Å²) < 4.78 is 60.0. The Hall–Kier alpha value is -3.49. The lowest BCUT2D eigenvalue weighted by Gasteiger charge is -2.14. The highest BCUT2D eigenvalue weighted by Gasteiger charge is 2.40. The minimum Gasteiger partial charge on any atom is -0.449 e. The van der Waals surface area contributed by atoms with Gasteiger partial charge in [0.2, 0.25) is 11.2 Å². The van der Waals surface area contributed by atoms with Crippen molar-refractivity contribution in [3.63, 3.8) is 0 Å². The number of hydrogen-bond donors (Lipinski definition) is 0. The van der Waals surface area contributed by atoms with Crippen LogP contribution in [0.25, 0.3) is 11.0 Å². The van der Waals surface area contributed by atoms with Crippen molar-refractivity contribution in [2.75, 3.05) is 7.11 Å². The van der Waals surface area contributed by atoms with Crippen molar-refractivity contribution in [3.8, 4) is 17.2 Å². The molecule has 0 amide bonds. The average Bonchev–Trinajstić information content (AvgIpc) is 2.62. The zero-order valence-electron chi connectivity index (χ0n) is 15.5. The molecule has 0 aliphatic rings. The first-order valence-electron chi connectivity index (χ1n) is 8.28. The second-order valence-corrected chi connectivity index (χ2v) is 6.23. The third kappa shape index (κ3) is 4.34. The van der Waals surface area contributed by atoms with E-state index in [-0.39, 0.29) is 16.9 Å². The maximum Gasteiger partial charge on any atom is 0.513 e. The van der Waals surface area contributed by atoms with E-state index in [1.165, 1.54) is 24.3 Å². The molecule has 152 valence electrons. The smallest absolute Gasteiger partial charge is 0.449 e. The van der Waals surface area contributed by atoms with Crippen molar-refractivity contribution in [2.45, 2.75) is 20.0 Å². The van der Waals surface area contributed by atoms with Crippen LogP contribution in [0.15, 0.2) is 45.6 Å². The minimum absolute atomic E-state index is 0.0743. The van der Waals surface area contributed by atoms with Crippen LogP contribution in [0.5, 0.6) is 17.2 Å². The number of carbonyl (C=O) groups is 1. The summed E-state index contributed by atoms with van der Waals surface area (Å²) >= 11 is 0. The fraction of sp³-hybridized carbons (Fsp3) is 0.200. The van der Waals surface area contributed by atoms with Crippen LogP contribution in [-0.4, -0.2) is 13.3 Å². The molecule has 1 heterocycles. The van der Waals surface area contributed by atoms with Gasteiger partial charge in [-0.3, -0.25) is 4.79 Å². The molecule has 0 N–H and O–H groups in total. The van der Waals surface area contributed by atoms with E-state index in [1.54, 1.807) is 13.8 Å². The van der Waals surface area contributed by atoms with Gasteiger partial charge in [0.15, 0.2) is 0 Å². The number of fused-ring (bicyclic) bond motifs is 1. The zero-order valence-corrected chi connectivity index (χ0v) is 15.5. The predicted molar refractivity (Wildman–Crippen MR) is 96.5 cm³/mol. The van der Waals surface area contributed by atoms with Crippen molar-refractivity contribution >= 4 is 17.1 Å². The van der Waals surface area contributed by atoms with Gasteiger partial charge in [-0.2, -0.15) is 13.2 Å². The van der Waals surface area contributed by atoms with Gasteiger partial charge in [-0.15, -0.1) is 0 Å². The summed E-state index contributed by atoms with van der Waals surface area (Å²) in [5.41, 5.74) is 0.0746. The molecule has 0 saturated heterocycles. The van der Waals surface area contributed by atoms with Crippen LogP contribution in [0.4, 0.5) is 18.0 Å². The molecule has 9 heteroatoms. The van der Waals surface area contributed by atoms with Crippen molar-refractivity contribution in [3.05, 3.63) is 63.5 Å². The van der Waals surface area contributed by atoms with E-state index < -0.39 is 34.9 Å². The quantitative estimate of drug-likeness (QED) is 0.429. The molecule has 0 spiro atoms. The van der Waals surface area contributed by atoms with E-state index in [2.05, 4.69) is 4.74 Å². The number of aryl methyl sites for hydroxylation is 2. The summed E-state index contributed by atoms with van der Waals surface area (Å²) in [7, 11) is 1.07. The molecule has 0 unspecified atom stereocenters. The lowest BCUT2D eigenvalue weighted by molar-refractivity contribution is -0.154. The van der Waals surface area contributed by atoms with E-state index in [0.717, 1.165) is 24.3 Å². The van der Waals surface area contributed by atoms with E-state index in [1.807, 2.05) is 6.07 Å². The molecular weight excluding hydrogens is 393 g/mol. The maximum atomic E-state index is 13.6. The third-order valence-corrected chi connectivity index (χ3v) is 3.86. The fourth-order valence-electron chi connectivity index (χ4n) is 2.75. The number of rotatable bonds is 3.